The van der Waals surface area contributed by atoms with E-state index in [0.29, 0.717) is 26.3 Å². The zero-order valence-electron chi connectivity index (χ0n) is 22.4. The van der Waals surface area contributed by atoms with Crippen LogP contribution in [0.1, 0.15) is 27.0 Å². The van der Waals surface area contributed by atoms with E-state index >= 15 is 4.39 Å². The molecule has 3 amide bonds. The van der Waals surface area contributed by atoms with Crippen LogP contribution >= 0.6 is 0 Å². The van der Waals surface area contributed by atoms with Gasteiger partial charge in [0, 0.05) is 31.7 Å². The van der Waals surface area contributed by atoms with Crippen molar-refractivity contribution in [3.05, 3.63) is 28.1 Å². The average molecular weight is 627 g/mol. The maximum atomic E-state index is 15.3. The number of piperidine rings is 1. The number of phenols is 6. The number of fused-ring (bicyclic) bond motifs is 1. The molecular formula is C25H27FN4O14. The van der Waals surface area contributed by atoms with E-state index in [1.807, 2.05) is 0 Å². The number of rotatable bonds is 6. The molecule has 238 valence electrons. The van der Waals surface area contributed by atoms with Gasteiger partial charge in [0.2, 0.25) is 5.75 Å². The normalized spacial score (nSPS) is 21.3. The van der Waals surface area contributed by atoms with Crippen LogP contribution in [0.4, 0.5) is 10.1 Å². The summed E-state index contributed by atoms with van der Waals surface area (Å²) >= 11 is 0. The number of carbonyl (C=O) groups excluding carboxylic acids is 3. The van der Waals surface area contributed by atoms with E-state index in [0.717, 1.165) is 0 Å². The van der Waals surface area contributed by atoms with Gasteiger partial charge in [-0.15, -0.1) is 0 Å². The first-order chi connectivity index (χ1) is 20.5. The third-order valence-electron chi connectivity index (χ3n) is 7.82. The number of anilines is 1. The lowest BCUT2D eigenvalue weighted by Gasteiger charge is -2.44. The number of imide groups is 1. The molecule has 3 heterocycles. The molecule has 5 rings (SSSR count). The molecule has 2 fully saturated rings. The minimum atomic E-state index is -4.00. The molecule has 12 N–H and O–H groups in total. The first-order valence-corrected chi connectivity index (χ1v) is 12.9. The third kappa shape index (κ3) is 4.44. The number of hydrogen-bond acceptors (Lipinski definition) is 16. The van der Waals surface area contributed by atoms with Gasteiger partial charge in [-0.25, -0.2) is 4.39 Å². The first kappa shape index (κ1) is 30.8. The van der Waals surface area contributed by atoms with E-state index in [1.165, 1.54) is 5.32 Å². The predicted octanol–water partition coefficient (Wildman–Crippen LogP) is -3.15. The quantitative estimate of drug-likeness (QED) is 0.0652. The summed E-state index contributed by atoms with van der Waals surface area (Å²) < 4.78 is 20.5. The largest absolute Gasteiger partial charge is 0.504 e. The molecule has 0 aromatic heterocycles. The van der Waals surface area contributed by atoms with Crippen LogP contribution in [-0.2, 0) is 34.0 Å². The molecule has 1 unspecified atom stereocenters. The fraction of sp³-hybridized carbons (Fsp3) is 0.400. The van der Waals surface area contributed by atoms with Crippen molar-refractivity contribution in [3.8, 4) is 34.5 Å². The summed E-state index contributed by atoms with van der Waals surface area (Å²) in [5.41, 5.74) is -2.92. The van der Waals surface area contributed by atoms with Gasteiger partial charge < -0.3 is 66.0 Å². The second-order valence-corrected chi connectivity index (χ2v) is 10.4. The fourth-order valence-electron chi connectivity index (χ4n) is 5.35. The highest BCUT2D eigenvalue weighted by atomic mass is 19.1. The van der Waals surface area contributed by atoms with Crippen LogP contribution in [0, 0.1) is 5.82 Å². The van der Waals surface area contributed by atoms with Crippen LogP contribution in [0.2, 0.25) is 0 Å². The number of aliphatic hydroxyl groups is 4. The maximum Gasteiger partial charge on any atom is 0.303 e. The van der Waals surface area contributed by atoms with Crippen LogP contribution in [0.3, 0.4) is 0 Å². The van der Waals surface area contributed by atoms with Crippen molar-refractivity contribution in [2.24, 2.45) is 0 Å². The van der Waals surface area contributed by atoms with Gasteiger partial charge in [-0.1, -0.05) is 0 Å². The summed E-state index contributed by atoms with van der Waals surface area (Å²) in [5, 5.41) is 107. The summed E-state index contributed by atoms with van der Waals surface area (Å²) in [6.45, 7) is -0.378. The van der Waals surface area contributed by atoms with Crippen LogP contribution in [-0.4, -0.2) is 123 Å². The van der Waals surface area contributed by atoms with Gasteiger partial charge in [0.15, 0.2) is 40.6 Å². The van der Waals surface area contributed by atoms with Crippen LogP contribution < -0.4 is 10.6 Å². The SMILES string of the molecule is O=C1NC(=O)C(O)(O)C(O)(O)C1N1Cc2c(NCc3c(O)c(O)c(CN4CCOCC4)c(O)c3F)c(O)c(O)c(O)c2C1=O. The molecule has 0 spiro atoms. The molecule has 2 aromatic carbocycles. The van der Waals surface area contributed by atoms with Crippen molar-refractivity contribution >= 4 is 23.4 Å². The summed E-state index contributed by atoms with van der Waals surface area (Å²) in [7, 11) is 0. The zero-order valence-corrected chi connectivity index (χ0v) is 22.4. The topological polar surface area (TPSA) is 293 Å². The number of nitrogens with one attached hydrogen (secondary N) is 2. The Morgan fingerprint density at radius 2 is 1.48 bits per heavy atom. The number of carbonyl (C=O) groups is 3. The molecule has 3 aliphatic heterocycles. The Morgan fingerprint density at radius 1 is 0.864 bits per heavy atom. The number of aromatic hydroxyl groups is 6. The van der Waals surface area contributed by atoms with E-state index in [9.17, 15) is 65.4 Å². The molecule has 0 bridgehead atoms. The Balaban J connectivity index is 1.49. The van der Waals surface area contributed by atoms with Gasteiger partial charge in [0.1, 0.15) is 0 Å². The van der Waals surface area contributed by atoms with Crippen molar-refractivity contribution < 1.29 is 74.6 Å². The van der Waals surface area contributed by atoms with Crippen molar-refractivity contribution in [2.45, 2.75) is 37.3 Å². The lowest BCUT2D eigenvalue weighted by atomic mass is 9.90. The second kappa shape index (κ2) is 10.5. The Kier molecular flexibility index (Phi) is 7.35. The average Bonchev–Trinajstić information content (AvgIpc) is 3.30. The van der Waals surface area contributed by atoms with Crippen molar-refractivity contribution in [3.63, 3.8) is 0 Å². The van der Waals surface area contributed by atoms with Gasteiger partial charge in [0.25, 0.3) is 23.5 Å². The molecule has 3 aliphatic rings. The number of phenolic OH excluding ortho intramolecular Hbond substituents is 6. The fourth-order valence-corrected chi connectivity index (χ4v) is 5.35. The summed E-state index contributed by atoms with van der Waals surface area (Å²) in [4.78, 5) is 39.6. The Bertz CT molecular complexity index is 1560. The van der Waals surface area contributed by atoms with Gasteiger partial charge in [-0.05, 0) is 0 Å². The van der Waals surface area contributed by atoms with Gasteiger partial charge in [0.05, 0.1) is 42.1 Å². The highest BCUT2D eigenvalue weighted by molar-refractivity contribution is 6.10. The third-order valence-corrected chi connectivity index (χ3v) is 7.82. The lowest BCUT2D eigenvalue weighted by molar-refractivity contribution is -0.355. The van der Waals surface area contributed by atoms with Crippen LogP contribution in [0.25, 0.3) is 0 Å². The summed E-state index contributed by atoms with van der Waals surface area (Å²) in [6.07, 6.45) is 0. The Morgan fingerprint density at radius 3 is 2.11 bits per heavy atom. The lowest BCUT2D eigenvalue weighted by Crippen LogP contribution is -2.79. The van der Waals surface area contributed by atoms with E-state index in [-0.39, 0.29) is 17.0 Å². The molecule has 44 heavy (non-hydrogen) atoms. The van der Waals surface area contributed by atoms with E-state index in [2.05, 4.69) is 5.32 Å². The number of morpholine rings is 1. The van der Waals surface area contributed by atoms with Gasteiger partial charge in [-0.2, -0.15) is 0 Å². The van der Waals surface area contributed by atoms with Crippen LogP contribution in [0.15, 0.2) is 0 Å². The minimum absolute atomic E-state index is 0.141. The second-order valence-electron chi connectivity index (χ2n) is 10.4. The molecule has 2 saturated heterocycles. The molecule has 1 atom stereocenters. The van der Waals surface area contributed by atoms with E-state index in [1.54, 1.807) is 4.90 Å². The number of nitrogens with zero attached hydrogens (tertiary/aromatic N) is 2. The van der Waals surface area contributed by atoms with Crippen molar-refractivity contribution in [1.29, 1.82) is 0 Å². The van der Waals surface area contributed by atoms with Gasteiger partial charge >= 0.3 is 5.79 Å². The number of amides is 3. The Hall–Kier alpha value is -4.66. The number of ether oxygens (including phenoxy) is 1. The molecule has 0 radical (unpaired) electrons. The first-order valence-electron chi connectivity index (χ1n) is 12.9. The standard InChI is InChI=1S/C25H27FN4O14/c26-12-8(15(32)16(33)10(14(12)31)6-29-1-3-44-4-2-29)5-27-13-9-7-30(22(38)11(9)17(34)19(36)18(13)35)20-21(37)28-23(39)25(42,43)24(20,40)41/h20,27,31-36,40-43H,1-7H2,(H,28,37,39). The van der Waals surface area contributed by atoms with Gasteiger partial charge in [-0.3, -0.25) is 24.6 Å². The van der Waals surface area contributed by atoms with Crippen molar-refractivity contribution in [1.82, 2.24) is 15.1 Å². The number of hydrogen-bond donors (Lipinski definition) is 12. The minimum Gasteiger partial charge on any atom is -0.504 e. The highest BCUT2D eigenvalue weighted by Crippen LogP contribution is 2.51. The molecule has 18 nitrogen and oxygen atoms in total. The Labute approximate surface area is 245 Å². The predicted molar refractivity (Wildman–Crippen MR) is 137 cm³/mol. The van der Waals surface area contributed by atoms with Crippen LogP contribution in [0.5, 0.6) is 34.5 Å². The zero-order chi connectivity index (χ0) is 32.5. The van der Waals surface area contributed by atoms with E-state index in [4.69, 9.17) is 4.74 Å². The summed E-state index contributed by atoms with van der Waals surface area (Å²) in [6, 6.07) is -2.60. The van der Waals surface area contributed by atoms with Crippen molar-refractivity contribution in [2.75, 3.05) is 31.6 Å². The molecular weight excluding hydrogens is 599 g/mol. The summed E-state index contributed by atoms with van der Waals surface area (Å²) in [5.74, 6) is -20.8. The number of halogens is 1. The highest BCUT2D eigenvalue weighted by Gasteiger charge is 2.67. The smallest absolute Gasteiger partial charge is 0.303 e. The number of benzene rings is 2. The molecule has 19 heteroatoms. The maximum absolute atomic E-state index is 15.3. The molecule has 0 aliphatic carbocycles. The van der Waals surface area contributed by atoms with E-state index < -0.39 is 111 Å². The molecule has 2 aromatic rings. The molecule has 0 saturated carbocycles. The monoisotopic (exact) mass is 626 g/mol.